The third-order valence-corrected chi connectivity index (χ3v) is 10.2. The second-order valence-electron chi connectivity index (χ2n) is 14.4. The Labute approximate surface area is 285 Å². The van der Waals surface area contributed by atoms with Gasteiger partial charge < -0.3 is 14.4 Å². The molecule has 2 aliphatic carbocycles. The predicted octanol–water partition coefficient (Wildman–Crippen LogP) is 9.62. The van der Waals surface area contributed by atoms with Gasteiger partial charge in [0.2, 0.25) is 0 Å². The number of Topliss-reactive ketones (excluding diaryl/α,β-unsaturated/α-hetero) is 2. The Balaban J connectivity index is 1.47. The van der Waals surface area contributed by atoms with Gasteiger partial charge in [-0.3, -0.25) is 9.59 Å². The minimum absolute atomic E-state index is 0.114. The molecule has 3 aromatic carbocycles. The molecule has 0 fully saturated rings. The summed E-state index contributed by atoms with van der Waals surface area (Å²) in [5.41, 5.74) is 6.32. The first-order valence-electron chi connectivity index (χ1n) is 15.9. The number of ether oxygens (including phenoxy) is 2. The lowest BCUT2D eigenvalue weighted by atomic mass is 9.63. The fourth-order valence-electron chi connectivity index (χ4n) is 7.32. The minimum Gasteiger partial charge on any atom is -0.493 e. The number of hydrogen-bond acceptors (Lipinski definition) is 5. The summed E-state index contributed by atoms with van der Waals surface area (Å²) in [6.45, 7) is 9.73. The topological polar surface area (TPSA) is 55.8 Å². The number of carbonyl (C=O) groups excluding carboxylic acids is 2. The lowest BCUT2D eigenvalue weighted by Crippen LogP contribution is -2.45. The Hall–Kier alpha value is -3.35. The zero-order valence-electron chi connectivity index (χ0n) is 27.2. The standard InChI is InChI=1S/C39H41BrClNO4/c1-38(2)19-29-35(31(43)21-38)34(26-17-28(40)37(33(18-26)45-5)46-23-25-11-13-27(41)14-12-25)36-30(20-39(3,4)22-32(36)44)42(29)16-15-24-9-7-6-8-10-24/h6-14,17-18,34H,15-16,19-23H2,1-5H3. The molecule has 6 rings (SSSR count). The highest BCUT2D eigenvalue weighted by Gasteiger charge is 2.49. The lowest BCUT2D eigenvalue weighted by molar-refractivity contribution is -0.119. The van der Waals surface area contributed by atoms with Crippen LogP contribution in [-0.2, 0) is 22.6 Å². The predicted molar refractivity (Wildman–Crippen MR) is 186 cm³/mol. The number of nitrogens with zero attached hydrogens (tertiary/aromatic N) is 1. The van der Waals surface area contributed by atoms with Crippen molar-refractivity contribution in [2.45, 2.75) is 72.3 Å². The van der Waals surface area contributed by atoms with Crippen molar-refractivity contribution in [3.63, 3.8) is 0 Å². The molecule has 240 valence electrons. The fraction of sp³-hybridized carbons (Fsp3) is 0.385. The van der Waals surface area contributed by atoms with E-state index in [1.165, 1.54) is 5.56 Å². The van der Waals surface area contributed by atoms with Crippen molar-refractivity contribution in [2.75, 3.05) is 13.7 Å². The summed E-state index contributed by atoms with van der Waals surface area (Å²) in [6.07, 6.45) is 3.24. The van der Waals surface area contributed by atoms with E-state index in [0.29, 0.717) is 47.0 Å². The monoisotopic (exact) mass is 701 g/mol. The zero-order valence-corrected chi connectivity index (χ0v) is 29.6. The van der Waals surface area contributed by atoms with Gasteiger partial charge in [-0.15, -0.1) is 0 Å². The van der Waals surface area contributed by atoms with Gasteiger partial charge in [0.15, 0.2) is 23.1 Å². The van der Waals surface area contributed by atoms with E-state index >= 15 is 0 Å². The maximum absolute atomic E-state index is 14.3. The Kier molecular flexibility index (Phi) is 8.99. The number of methoxy groups -OCH3 is 1. The van der Waals surface area contributed by atoms with Gasteiger partial charge in [-0.1, -0.05) is 81.8 Å². The molecular formula is C39H41BrClNO4. The van der Waals surface area contributed by atoms with Crippen molar-refractivity contribution < 1.29 is 19.1 Å². The van der Waals surface area contributed by atoms with Gasteiger partial charge in [0, 0.05) is 52.9 Å². The highest BCUT2D eigenvalue weighted by atomic mass is 79.9. The Morgan fingerprint density at radius 1 is 0.826 bits per heavy atom. The van der Waals surface area contributed by atoms with Gasteiger partial charge in [0.05, 0.1) is 11.6 Å². The average Bonchev–Trinajstić information content (AvgIpc) is 2.99. The first-order chi connectivity index (χ1) is 21.9. The van der Waals surface area contributed by atoms with Crippen LogP contribution in [0, 0.1) is 10.8 Å². The van der Waals surface area contributed by atoms with Gasteiger partial charge in [-0.05, 0) is 87.0 Å². The fourth-order valence-corrected chi connectivity index (χ4v) is 8.02. The van der Waals surface area contributed by atoms with E-state index in [0.717, 1.165) is 52.9 Å². The normalized spacial score (nSPS) is 19.2. The second-order valence-corrected chi connectivity index (χ2v) is 15.7. The van der Waals surface area contributed by atoms with Crippen LogP contribution in [0.4, 0.5) is 0 Å². The van der Waals surface area contributed by atoms with Crippen LogP contribution in [0.15, 0.2) is 93.7 Å². The number of halogens is 2. The molecule has 0 bridgehead atoms. The van der Waals surface area contributed by atoms with Crippen LogP contribution in [0.25, 0.3) is 0 Å². The van der Waals surface area contributed by atoms with Crippen molar-refractivity contribution in [3.8, 4) is 11.5 Å². The SMILES string of the molecule is COc1cc(C2C3=C(CC(C)(C)CC3=O)N(CCc3ccccc3)C3=C2C(=O)CC(C)(C)C3)cc(Br)c1OCc1ccc(Cl)cc1. The highest BCUT2D eigenvalue weighted by molar-refractivity contribution is 9.10. The van der Waals surface area contributed by atoms with E-state index < -0.39 is 5.92 Å². The van der Waals surface area contributed by atoms with E-state index in [4.69, 9.17) is 21.1 Å². The van der Waals surface area contributed by atoms with Gasteiger partial charge in [0.1, 0.15) is 6.61 Å². The first kappa shape index (κ1) is 32.6. The molecule has 46 heavy (non-hydrogen) atoms. The molecule has 3 aromatic rings. The molecule has 0 saturated carbocycles. The molecule has 7 heteroatoms. The Morgan fingerprint density at radius 3 is 1.98 bits per heavy atom. The van der Waals surface area contributed by atoms with Crippen LogP contribution in [0.3, 0.4) is 0 Å². The Morgan fingerprint density at radius 2 is 1.41 bits per heavy atom. The van der Waals surface area contributed by atoms with Crippen LogP contribution in [0.2, 0.25) is 5.02 Å². The van der Waals surface area contributed by atoms with Crippen molar-refractivity contribution in [1.29, 1.82) is 0 Å². The van der Waals surface area contributed by atoms with E-state index in [-0.39, 0.29) is 22.4 Å². The third kappa shape index (κ3) is 6.57. The smallest absolute Gasteiger partial charge is 0.175 e. The largest absolute Gasteiger partial charge is 0.493 e. The number of hydrogen-bond donors (Lipinski definition) is 0. The number of rotatable bonds is 8. The molecule has 0 radical (unpaired) electrons. The molecule has 0 unspecified atom stereocenters. The van der Waals surface area contributed by atoms with E-state index in [9.17, 15) is 9.59 Å². The van der Waals surface area contributed by atoms with Crippen molar-refractivity contribution in [1.82, 2.24) is 4.90 Å². The molecular weight excluding hydrogens is 662 g/mol. The van der Waals surface area contributed by atoms with Crippen LogP contribution < -0.4 is 9.47 Å². The van der Waals surface area contributed by atoms with E-state index in [1.807, 2.05) is 42.5 Å². The molecule has 5 nitrogen and oxygen atoms in total. The quantitative estimate of drug-likeness (QED) is 0.234. The Bertz CT molecular complexity index is 1690. The molecule has 3 aliphatic rings. The average molecular weight is 703 g/mol. The van der Waals surface area contributed by atoms with Gasteiger partial charge >= 0.3 is 0 Å². The maximum atomic E-state index is 14.3. The van der Waals surface area contributed by atoms with Crippen LogP contribution in [-0.4, -0.2) is 30.1 Å². The van der Waals surface area contributed by atoms with Crippen LogP contribution >= 0.6 is 27.5 Å². The summed E-state index contributed by atoms with van der Waals surface area (Å²) >= 11 is 9.83. The van der Waals surface area contributed by atoms with Crippen molar-refractivity contribution >= 4 is 39.1 Å². The number of benzene rings is 3. The summed E-state index contributed by atoms with van der Waals surface area (Å²) in [6, 6.07) is 21.9. The molecule has 1 aliphatic heterocycles. The van der Waals surface area contributed by atoms with Gasteiger partial charge in [-0.25, -0.2) is 0 Å². The third-order valence-electron chi connectivity index (χ3n) is 9.37. The van der Waals surface area contributed by atoms with Gasteiger partial charge in [-0.2, -0.15) is 0 Å². The van der Waals surface area contributed by atoms with Crippen LogP contribution in [0.1, 0.15) is 76.0 Å². The number of carbonyl (C=O) groups is 2. The molecule has 0 N–H and O–H groups in total. The van der Waals surface area contributed by atoms with Crippen molar-refractivity contribution in [2.24, 2.45) is 10.8 Å². The molecule has 0 spiro atoms. The lowest BCUT2D eigenvalue weighted by Gasteiger charge is -2.49. The van der Waals surface area contributed by atoms with E-state index in [2.05, 4.69) is 72.8 Å². The summed E-state index contributed by atoms with van der Waals surface area (Å²) in [7, 11) is 1.62. The van der Waals surface area contributed by atoms with E-state index in [1.54, 1.807) is 7.11 Å². The molecule has 0 aromatic heterocycles. The number of ketones is 2. The first-order valence-corrected chi connectivity index (χ1v) is 17.1. The molecule has 1 heterocycles. The summed E-state index contributed by atoms with van der Waals surface area (Å²) in [5.74, 6) is 0.866. The zero-order chi connectivity index (χ0) is 32.8. The molecule has 0 saturated heterocycles. The minimum atomic E-state index is -0.472. The second kappa shape index (κ2) is 12.7. The summed E-state index contributed by atoms with van der Waals surface area (Å²) in [5, 5.41) is 0.668. The molecule has 0 amide bonds. The van der Waals surface area contributed by atoms with Gasteiger partial charge in [0.25, 0.3) is 0 Å². The maximum Gasteiger partial charge on any atom is 0.175 e. The number of allylic oxidation sites excluding steroid dienone is 4. The van der Waals surface area contributed by atoms with Crippen molar-refractivity contribution in [3.05, 3.63) is 115 Å². The molecule has 0 atom stereocenters. The summed E-state index contributed by atoms with van der Waals surface area (Å²) < 4.78 is 12.8. The van der Waals surface area contributed by atoms with Crippen LogP contribution in [0.5, 0.6) is 11.5 Å². The highest BCUT2D eigenvalue weighted by Crippen LogP contribution is 2.55. The summed E-state index contributed by atoms with van der Waals surface area (Å²) in [4.78, 5) is 30.8.